The Hall–Kier alpha value is -1.46. The Kier molecular flexibility index (Phi) is 4.09. The first-order valence-electron chi connectivity index (χ1n) is 7.20. The number of nitrogens with zero attached hydrogens (tertiary/aromatic N) is 1. The van der Waals surface area contributed by atoms with Crippen molar-refractivity contribution in [2.24, 2.45) is 5.73 Å². The van der Waals surface area contributed by atoms with Gasteiger partial charge in [0.2, 0.25) is 0 Å². The van der Waals surface area contributed by atoms with Crippen LogP contribution in [-0.2, 0) is 0 Å². The first-order chi connectivity index (χ1) is 9.95. The van der Waals surface area contributed by atoms with Crippen molar-refractivity contribution in [3.63, 3.8) is 0 Å². The lowest BCUT2D eigenvalue weighted by Gasteiger charge is -2.51. The second-order valence-corrected chi connectivity index (χ2v) is 7.59. The van der Waals surface area contributed by atoms with Gasteiger partial charge in [-0.05, 0) is 52.8 Å². The van der Waals surface area contributed by atoms with Gasteiger partial charge in [0.25, 0.3) is 0 Å². The van der Waals surface area contributed by atoms with E-state index in [2.05, 4.69) is 0 Å². The number of rotatable bonds is 1. The predicted octanol–water partition coefficient (Wildman–Crippen LogP) is 3.09. The minimum Gasteiger partial charge on any atom is -0.485 e. The van der Waals surface area contributed by atoms with Crippen molar-refractivity contribution in [3.8, 4) is 5.75 Å². The Morgan fingerprint density at radius 1 is 1.41 bits per heavy atom. The van der Waals surface area contributed by atoms with Crippen molar-refractivity contribution in [1.82, 2.24) is 4.90 Å². The third-order valence-electron chi connectivity index (χ3n) is 3.91. The summed E-state index contributed by atoms with van der Waals surface area (Å²) in [4.78, 5) is 13.5. The normalized spacial score (nSPS) is 23.4. The number of primary amides is 1. The maximum atomic E-state index is 12.0. The molecule has 0 bridgehead atoms. The first-order valence-corrected chi connectivity index (χ1v) is 7.58. The molecular weight excluding hydrogens is 304 g/mol. The summed E-state index contributed by atoms with van der Waals surface area (Å²) in [7, 11) is 0. The molecular formula is C16H23ClN2O3. The molecule has 122 valence electrons. The summed E-state index contributed by atoms with van der Waals surface area (Å²) >= 11 is 6.02. The Balaban J connectivity index is 2.57. The number of halogens is 1. The van der Waals surface area contributed by atoms with Crippen molar-refractivity contribution < 1.29 is 14.6 Å². The predicted molar refractivity (Wildman–Crippen MR) is 86.1 cm³/mol. The lowest BCUT2D eigenvalue weighted by atomic mass is 9.83. The molecule has 1 aliphatic rings. The number of urea groups is 1. The van der Waals surface area contributed by atoms with Gasteiger partial charge in [0, 0.05) is 16.1 Å². The van der Waals surface area contributed by atoms with Crippen molar-refractivity contribution in [3.05, 3.63) is 28.8 Å². The SMILES string of the molecule is CC1(C)Oc2ccc(Cl)cc2C(O)C1N(C(N)=O)C(C)(C)C. The van der Waals surface area contributed by atoms with Crippen LogP contribution in [0.15, 0.2) is 18.2 Å². The molecule has 2 atom stereocenters. The zero-order chi connectivity index (χ0) is 16.9. The third kappa shape index (κ3) is 2.88. The van der Waals surface area contributed by atoms with Crippen LogP contribution >= 0.6 is 11.6 Å². The number of carbonyl (C=O) groups excluding carboxylic acids is 1. The van der Waals surface area contributed by atoms with Crippen molar-refractivity contribution in [1.29, 1.82) is 0 Å². The zero-order valence-electron chi connectivity index (χ0n) is 13.6. The number of fused-ring (bicyclic) bond motifs is 1. The molecule has 3 N–H and O–H groups in total. The molecule has 0 aliphatic carbocycles. The molecule has 0 spiro atoms. The summed E-state index contributed by atoms with van der Waals surface area (Å²) in [5, 5.41) is 11.4. The number of carbonyl (C=O) groups is 1. The monoisotopic (exact) mass is 326 g/mol. The highest BCUT2D eigenvalue weighted by atomic mass is 35.5. The molecule has 0 aromatic heterocycles. The van der Waals surface area contributed by atoms with E-state index in [1.807, 2.05) is 34.6 Å². The average Bonchev–Trinajstić information content (AvgIpc) is 2.33. The van der Waals surface area contributed by atoms with Crippen LogP contribution in [-0.4, -0.2) is 33.2 Å². The third-order valence-corrected chi connectivity index (χ3v) is 4.15. The number of benzene rings is 1. The van der Waals surface area contributed by atoms with Gasteiger partial charge in [0.05, 0.1) is 0 Å². The van der Waals surface area contributed by atoms with E-state index in [0.717, 1.165) is 0 Å². The number of aliphatic hydroxyl groups excluding tert-OH is 1. The Morgan fingerprint density at radius 2 is 2.00 bits per heavy atom. The number of amides is 2. The van der Waals surface area contributed by atoms with E-state index in [4.69, 9.17) is 22.1 Å². The van der Waals surface area contributed by atoms with Crippen LogP contribution in [0.4, 0.5) is 4.79 Å². The summed E-state index contributed by atoms with van der Waals surface area (Å²) in [6.45, 7) is 9.27. The van der Waals surface area contributed by atoms with E-state index < -0.39 is 29.3 Å². The summed E-state index contributed by atoms with van der Waals surface area (Å²) in [6.07, 6.45) is -0.941. The molecule has 0 saturated heterocycles. The van der Waals surface area contributed by atoms with Gasteiger partial charge >= 0.3 is 6.03 Å². The summed E-state index contributed by atoms with van der Waals surface area (Å²) in [5.74, 6) is 0.566. The van der Waals surface area contributed by atoms with Crippen LogP contribution in [0, 0.1) is 0 Å². The van der Waals surface area contributed by atoms with Crippen LogP contribution in [0.5, 0.6) is 5.75 Å². The highest BCUT2D eigenvalue weighted by molar-refractivity contribution is 6.30. The molecule has 2 amide bonds. The quantitative estimate of drug-likeness (QED) is 0.832. The number of hydrogen-bond acceptors (Lipinski definition) is 3. The Morgan fingerprint density at radius 3 is 2.50 bits per heavy atom. The molecule has 1 aliphatic heterocycles. The fourth-order valence-corrected chi connectivity index (χ4v) is 3.26. The lowest BCUT2D eigenvalue weighted by molar-refractivity contribution is -0.0882. The van der Waals surface area contributed by atoms with Crippen LogP contribution < -0.4 is 10.5 Å². The van der Waals surface area contributed by atoms with Crippen molar-refractivity contribution >= 4 is 17.6 Å². The van der Waals surface area contributed by atoms with Gasteiger partial charge in [0.15, 0.2) is 0 Å². The standard InChI is InChI=1S/C16H23ClN2O3/c1-15(2,3)19(14(18)21)13-12(20)10-8-9(17)6-7-11(10)22-16(13,4)5/h6-8,12-13,20H,1-5H3,(H2,18,21). The summed E-state index contributed by atoms with van der Waals surface area (Å²) < 4.78 is 6.02. The van der Waals surface area contributed by atoms with E-state index in [1.54, 1.807) is 18.2 Å². The van der Waals surface area contributed by atoms with Crippen LogP contribution in [0.25, 0.3) is 0 Å². The molecule has 1 heterocycles. The van der Waals surface area contributed by atoms with Gasteiger partial charge in [0.1, 0.15) is 23.5 Å². The summed E-state index contributed by atoms with van der Waals surface area (Å²) in [6, 6.07) is 3.87. The van der Waals surface area contributed by atoms with Crippen molar-refractivity contribution in [2.75, 3.05) is 0 Å². The minimum absolute atomic E-state index is 0.501. The van der Waals surface area contributed by atoms with E-state index in [-0.39, 0.29) is 0 Å². The zero-order valence-corrected chi connectivity index (χ0v) is 14.3. The molecule has 1 aromatic rings. The minimum atomic E-state index is -0.941. The Bertz CT molecular complexity index is 596. The second-order valence-electron chi connectivity index (χ2n) is 7.16. The largest absolute Gasteiger partial charge is 0.485 e. The summed E-state index contributed by atoms with van der Waals surface area (Å²) in [5.41, 5.74) is 4.78. The first kappa shape index (κ1) is 16.9. The van der Waals surface area contributed by atoms with Gasteiger partial charge < -0.3 is 20.5 Å². The van der Waals surface area contributed by atoms with E-state index >= 15 is 0 Å². The number of ether oxygens (including phenoxy) is 1. The van der Waals surface area contributed by atoms with Crippen LogP contribution in [0.2, 0.25) is 5.02 Å². The molecule has 5 nitrogen and oxygen atoms in total. The molecule has 6 heteroatoms. The maximum Gasteiger partial charge on any atom is 0.315 e. The maximum absolute atomic E-state index is 12.0. The Labute approximate surface area is 136 Å². The fourth-order valence-electron chi connectivity index (χ4n) is 3.07. The van der Waals surface area contributed by atoms with Gasteiger partial charge in [-0.1, -0.05) is 11.6 Å². The number of aliphatic hydroxyl groups is 1. The molecule has 0 saturated carbocycles. The van der Waals surface area contributed by atoms with Crippen molar-refractivity contribution in [2.45, 2.75) is 57.9 Å². The van der Waals surface area contributed by atoms with E-state index in [1.165, 1.54) is 4.90 Å². The van der Waals surface area contributed by atoms with E-state index in [0.29, 0.717) is 16.3 Å². The molecule has 2 rings (SSSR count). The topological polar surface area (TPSA) is 75.8 Å². The van der Waals surface area contributed by atoms with Gasteiger partial charge in [-0.2, -0.15) is 0 Å². The fraction of sp³-hybridized carbons (Fsp3) is 0.562. The lowest BCUT2D eigenvalue weighted by Crippen LogP contribution is -2.65. The molecule has 22 heavy (non-hydrogen) atoms. The highest BCUT2D eigenvalue weighted by Crippen LogP contribution is 2.44. The van der Waals surface area contributed by atoms with Crippen LogP contribution in [0.1, 0.15) is 46.3 Å². The number of hydrogen-bond donors (Lipinski definition) is 2. The molecule has 1 aromatic carbocycles. The smallest absolute Gasteiger partial charge is 0.315 e. The van der Waals surface area contributed by atoms with Gasteiger partial charge in [-0.15, -0.1) is 0 Å². The molecule has 0 radical (unpaired) electrons. The second kappa shape index (κ2) is 5.32. The van der Waals surface area contributed by atoms with Gasteiger partial charge in [-0.25, -0.2) is 4.79 Å². The highest BCUT2D eigenvalue weighted by Gasteiger charge is 2.50. The van der Waals surface area contributed by atoms with Gasteiger partial charge in [-0.3, -0.25) is 0 Å². The average molecular weight is 327 g/mol. The molecule has 2 unspecified atom stereocenters. The van der Waals surface area contributed by atoms with E-state index in [9.17, 15) is 9.90 Å². The van der Waals surface area contributed by atoms with Crippen LogP contribution in [0.3, 0.4) is 0 Å². The number of nitrogens with two attached hydrogens (primary N) is 1. The molecule has 0 fully saturated rings.